The predicted molar refractivity (Wildman–Crippen MR) is 88.6 cm³/mol. The van der Waals surface area contributed by atoms with Crippen LogP contribution in [0.5, 0.6) is 0 Å². The third-order valence-electron chi connectivity index (χ3n) is 3.93. The molecular formula is C16H22N2O4S. The number of nitrogens with two attached hydrogens (primary N) is 1. The number of thiophene rings is 1. The van der Waals surface area contributed by atoms with Gasteiger partial charge in [0.05, 0.1) is 12.7 Å². The van der Waals surface area contributed by atoms with E-state index in [1.54, 1.807) is 0 Å². The van der Waals surface area contributed by atoms with Gasteiger partial charge in [-0.1, -0.05) is 6.42 Å². The average Bonchev–Trinajstić information content (AvgIpc) is 2.68. The van der Waals surface area contributed by atoms with Crippen molar-refractivity contribution in [2.24, 2.45) is 5.73 Å². The van der Waals surface area contributed by atoms with Gasteiger partial charge in [0.15, 0.2) is 0 Å². The normalized spacial score (nSPS) is 13.8. The molecule has 23 heavy (non-hydrogen) atoms. The number of methoxy groups -OCH3 is 1. The molecule has 0 saturated carbocycles. The third kappa shape index (κ3) is 4.54. The summed E-state index contributed by atoms with van der Waals surface area (Å²) in [5.41, 5.74) is 6.99. The molecule has 0 aliphatic heterocycles. The zero-order chi connectivity index (χ0) is 16.8. The van der Waals surface area contributed by atoms with Crippen LogP contribution in [0.1, 0.15) is 59.3 Å². The Bertz CT molecular complexity index is 609. The van der Waals surface area contributed by atoms with Gasteiger partial charge in [0.2, 0.25) is 5.91 Å². The van der Waals surface area contributed by atoms with E-state index in [2.05, 4.69) is 10.1 Å². The van der Waals surface area contributed by atoms with E-state index >= 15 is 0 Å². The van der Waals surface area contributed by atoms with E-state index in [9.17, 15) is 14.4 Å². The van der Waals surface area contributed by atoms with Crippen molar-refractivity contribution in [3.63, 3.8) is 0 Å². The zero-order valence-corrected chi connectivity index (χ0v) is 14.1. The molecular weight excluding hydrogens is 316 g/mol. The van der Waals surface area contributed by atoms with Gasteiger partial charge < -0.3 is 15.8 Å². The number of rotatable bonds is 6. The van der Waals surface area contributed by atoms with Gasteiger partial charge >= 0.3 is 5.97 Å². The standard InChI is InChI=1S/C16H22N2O4S/c1-22-13(20)9-5-8-12(19)18-16-14(15(17)21)10-6-3-2-4-7-11(10)23-16/h2-9H2,1H3,(H2,17,21)(H,18,19). The number of aryl methyl sites for hydroxylation is 1. The fourth-order valence-electron chi connectivity index (χ4n) is 2.78. The Morgan fingerprint density at radius 3 is 2.61 bits per heavy atom. The van der Waals surface area contributed by atoms with Gasteiger partial charge in [-0.3, -0.25) is 14.4 Å². The van der Waals surface area contributed by atoms with E-state index in [4.69, 9.17) is 5.73 Å². The number of esters is 1. The molecule has 1 aliphatic carbocycles. The lowest BCUT2D eigenvalue weighted by molar-refractivity contribution is -0.140. The van der Waals surface area contributed by atoms with E-state index in [1.165, 1.54) is 18.4 Å². The Balaban J connectivity index is 2.06. The topological polar surface area (TPSA) is 98.5 Å². The number of hydrogen-bond acceptors (Lipinski definition) is 5. The van der Waals surface area contributed by atoms with Crippen molar-refractivity contribution in [1.82, 2.24) is 0 Å². The fraction of sp³-hybridized carbons (Fsp3) is 0.562. The first kappa shape index (κ1) is 17.5. The van der Waals surface area contributed by atoms with Crippen molar-refractivity contribution in [3.05, 3.63) is 16.0 Å². The summed E-state index contributed by atoms with van der Waals surface area (Å²) < 4.78 is 4.54. The van der Waals surface area contributed by atoms with Crippen LogP contribution >= 0.6 is 11.3 Å². The van der Waals surface area contributed by atoms with Crippen LogP contribution in [0.3, 0.4) is 0 Å². The van der Waals surface area contributed by atoms with Crippen molar-refractivity contribution in [3.8, 4) is 0 Å². The number of carbonyl (C=O) groups excluding carboxylic acids is 3. The Hall–Kier alpha value is -1.89. The van der Waals surface area contributed by atoms with Crippen LogP contribution in [0.25, 0.3) is 0 Å². The number of fused-ring (bicyclic) bond motifs is 1. The SMILES string of the molecule is COC(=O)CCCC(=O)Nc1sc2c(c1C(N)=O)CCCCC2. The van der Waals surface area contributed by atoms with Gasteiger partial charge in [-0.15, -0.1) is 11.3 Å². The van der Waals surface area contributed by atoms with Crippen molar-refractivity contribution in [2.75, 3.05) is 12.4 Å². The van der Waals surface area contributed by atoms with Gasteiger partial charge in [-0.2, -0.15) is 0 Å². The summed E-state index contributed by atoms with van der Waals surface area (Å²) in [6.45, 7) is 0. The summed E-state index contributed by atoms with van der Waals surface area (Å²) in [5.74, 6) is -1.04. The van der Waals surface area contributed by atoms with Crippen molar-refractivity contribution < 1.29 is 19.1 Å². The maximum atomic E-state index is 12.0. The second kappa shape index (κ2) is 8.10. The van der Waals surface area contributed by atoms with Gasteiger partial charge in [0, 0.05) is 17.7 Å². The molecule has 0 radical (unpaired) electrons. The van der Waals surface area contributed by atoms with Crippen LogP contribution in [0.15, 0.2) is 0 Å². The monoisotopic (exact) mass is 338 g/mol. The smallest absolute Gasteiger partial charge is 0.305 e. The van der Waals surface area contributed by atoms with Crippen molar-refractivity contribution in [2.45, 2.75) is 51.4 Å². The fourth-order valence-corrected chi connectivity index (χ4v) is 4.09. The average molecular weight is 338 g/mol. The summed E-state index contributed by atoms with van der Waals surface area (Å²) in [7, 11) is 1.32. The Labute approximate surface area is 139 Å². The number of nitrogens with one attached hydrogen (secondary N) is 1. The second-order valence-electron chi connectivity index (χ2n) is 5.61. The molecule has 0 bridgehead atoms. The molecule has 1 aromatic rings. The Kier molecular flexibility index (Phi) is 6.15. The summed E-state index contributed by atoms with van der Waals surface area (Å²) in [4.78, 5) is 36.0. The van der Waals surface area contributed by atoms with Crippen LogP contribution in [-0.4, -0.2) is 24.9 Å². The van der Waals surface area contributed by atoms with Crippen LogP contribution in [0.4, 0.5) is 5.00 Å². The quantitative estimate of drug-likeness (QED) is 0.614. The molecule has 2 rings (SSSR count). The number of primary amides is 1. The number of amides is 2. The molecule has 3 N–H and O–H groups in total. The highest BCUT2D eigenvalue weighted by atomic mass is 32.1. The maximum Gasteiger partial charge on any atom is 0.305 e. The van der Waals surface area contributed by atoms with Gasteiger partial charge in [-0.05, 0) is 37.7 Å². The lowest BCUT2D eigenvalue weighted by atomic mass is 10.1. The van der Waals surface area contributed by atoms with Crippen LogP contribution in [0.2, 0.25) is 0 Å². The minimum atomic E-state index is -0.491. The van der Waals surface area contributed by atoms with Crippen LogP contribution in [-0.2, 0) is 27.2 Å². The molecule has 0 aromatic carbocycles. The number of carbonyl (C=O) groups is 3. The molecule has 126 valence electrons. The van der Waals surface area contributed by atoms with E-state index in [1.807, 2.05) is 0 Å². The first-order valence-electron chi connectivity index (χ1n) is 7.84. The molecule has 1 aliphatic rings. The summed E-state index contributed by atoms with van der Waals surface area (Å²) in [6.07, 6.45) is 5.86. The molecule has 0 atom stereocenters. The zero-order valence-electron chi connectivity index (χ0n) is 13.3. The minimum absolute atomic E-state index is 0.202. The van der Waals surface area contributed by atoms with Crippen LogP contribution < -0.4 is 11.1 Å². The first-order valence-corrected chi connectivity index (χ1v) is 8.65. The largest absolute Gasteiger partial charge is 0.469 e. The molecule has 1 aromatic heterocycles. The predicted octanol–water partition coefficient (Wildman–Crippen LogP) is 2.40. The molecule has 7 heteroatoms. The highest BCUT2D eigenvalue weighted by Crippen LogP contribution is 2.37. The van der Waals surface area contributed by atoms with Gasteiger partial charge in [0.25, 0.3) is 5.91 Å². The van der Waals surface area contributed by atoms with Crippen LogP contribution in [0, 0.1) is 0 Å². The summed E-state index contributed by atoms with van der Waals surface area (Å²) >= 11 is 1.45. The van der Waals surface area contributed by atoms with E-state index in [0.717, 1.165) is 42.5 Å². The lowest BCUT2D eigenvalue weighted by Crippen LogP contribution is -2.18. The number of anilines is 1. The molecule has 0 saturated heterocycles. The van der Waals surface area contributed by atoms with Crippen molar-refractivity contribution >= 4 is 34.1 Å². The number of ether oxygens (including phenoxy) is 1. The van der Waals surface area contributed by atoms with Crippen molar-refractivity contribution in [1.29, 1.82) is 0 Å². The van der Waals surface area contributed by atoms with E-state index in [0.29, 0.717) is 17.0 Å². The molecule has 2 amide bonds. The molecule has 6 nitrogen and oxygen atoms in total. The lowest BCUT2D eigenvalue weighted by Gasteiger charge is -2.06. The minimum Gasteiger partial charge on any atom is -0.469 e. The van der Waals surface area contributed by atoms with Gasteiger partial charge in [-0.25, -0.2) is 0 Å². The Morgan fingerprint density at radius 2 is 1.91 bits per heavy atom. The maximum absolute atomic E-state index is 12.0. The second-order valence-corrected chi connectivity index (χ2v) is 6.72. The molecule has 1 heterocycles. The highest BCUT2D eigenvalue weighted by molar-refractivity contribution is 7.17. The number of hydrogen-bond donors (Lipinski definition) is 2. The van der Waals surface area contributed by atoms with Gasteiger partial charge in [0.1, 0.15) is 5.00 Å². The highest BCUT2D eigenvalue weighted by Gasteiger charge is 2.24. The summed E-state index contributed by atoms with van der Waals surface area (Å²) in [6, 6.07) is 0. The van der Waals surface area contributed by atoms with E-state index < -0.39 is 5.91 Å². The molecule has 0 unspecified atom stereocenters. The summed E-state index contributed by atoms with van der Waals surface area (Å²) in [5, 5.41) is 3.34. The Morgan fingerprint density at radius 1 is 1.17 bits per heavy atom. The molecule has 0 fully saturated rings. The third-order valence-corrected chi connectivity index (χ3v) is 5.14. The first-order chi connectivity index (χ1) is 11.0. The van der Waals surface area contributed by atoms with E-state index in [-0.39, 0.29) is 24.7 Å². The molecule has 0 spiro atoms.